The van der Waals surface area contributed by atoms with E-state index in [1.165, 1.54) is 6.42 Å². The van der Waals surface area contributed by atoms with E-state index in [4.69, 9.17) is 5.73 Å². The summed E-state index contributed by atoms with van der Waals surface area (Å²) in [7, 11) is 4.18. The topological polar surface area (TPSA) is 50.3 Å². The third-order valence-electron chi connectivity index (χ3n) is 3.63. The Balaban J connectivity index is 2.21. The number of aryl methyl sites for hydroxylation is 2. The molecule has 0 saturated carbocycles. The van der Waals surface area contributed by atoms with Crippen LogP contribution in [0.15, 0.2) is 0 Å². The van der Waals surface area contributed by atoms with E-state index in [1.807, 2.05) is 11.7 Å². The second-order valence-electron chi connectivity index (χ2n) is 5.20. The molecule has 18 heavy (non-hydrogen) atoms. The van der Waals surface area contributed by atoms with Crippen LogP contribution in [0.25, 0.3) is 0 Å². The lowest BCUT2D eigenvalue weighted by Crippen LogP contribution is -2.30. The van der Waals surface area contributed by atoms with Crippen molar-refractivity contribution in [3.63, 3.8) is 0 Å². The first kappa shape index (κ1) is 13.2. The van der Waals surface area contributed by atoms with Crippen LogP contribution < -0.4 is 10.6 Å². The van der Waals surface area contributed by atoms with Gasteiger partial charge in [-0.2, -0.15) is 5.10 Å². The maximum absolute atomic E-state index is 6.27. The minimum Gasteiger partial charge on any atom is -0.394 e. The van der Waals surface area contributed by atoms with Crippen molar-refractivity contribution in [1.29, 1.82) is 0 Å². The molecule has 1 fully saturated rings. The molecule has 0 radical (unpaired) electrons. The van der Waals surface area contributed by atoms with Gasteiger partial charge in [0.05, 0.1) is 11.4 Å². The molecule has 1 saturated heterocycles. The van der Waals surface area contributed by atoms with Crippen LogP contribution in [-0.2, 0) is 13.5 Å². The summed E-state index contributed by atoms with van der Waals surface area (Å²) in [5.74, 6) is 1.11. The van der Waals surface area contributed by atoms with Crippen molar-refractivity contribution in [2.24, 2.45) is 7.05 Å². The van der Waals surface area contributed by atoms with E-state index in [1.54, 1.807) is 0 Å². The minimum atomic E-state index is 0.879. The molecule has 2 rings (SSSR count). The first-order valence-corrected chi connectivity index (χ1v) is 6.88. The lowest BCUT2D eigenvalue weighted by molar-refractivity contribution is 0.360. The van der Waals surface area contributed by atoms with Crippen LogP contribution in [0.2, 0.25) is 0 Å². The van der Waals surface area contributed by atoms with Gasteiger partial charge in [0.1, 0.15) is 5.82 Å². The van der Waals surface area contributed by atoms with Crippen LogP contribution in [0.4, 0.5) is 11.5 Å². The summed E-state index contributed by atoms with van der Waals surface area (Å²) in [6, 6.07) is 0. The van der Waals surface area contributed by atoms with Gasteiger partial charge in [-0.1, -0.05) is 13.3 Å². The average molecular weight is 251 g/mol. The third-order valence-corrected chi connectivity index (χ3v) is 3.63. The van der Waals surface area contributed by atoms with Crippen LogP contribution in [0.3, 0.4) is 0 Å². The molecular weight excluding hydrogens is 226 g/mol. The predicted molar refractivity (Wildman–Crippen MR) is 75.9 cm³/mol. The normalized spacial score (nSPS) is 18.1. The van der Waals surface area contributed by atoms with Crippen molar-refractivity contribution in [3.05, 3.63) is 5.69 Å². The SMILES string of the molecule is CCCc1nn(C)c(N2CCCN(C)CC2)c1N. The van der Waals surface area contributed by atoms with Crippen molar-refractivity contribution < 1.29 is 0 Å². The molecule has 0 spiro atoms. The van der Waals surface area contributed by atoms with Crippen molar-refractivity contribution in [1.82, 2.24) is 14.7 Å². The highest BCUT2D eigenvalue weighted by molar-refractivity contribution is 5.66. The van der Waals surface area contributed by atoms with Crippen LogP contribution in [-0.4, -0.2) is 47.9 Å². The Bertz CT molecular complexity index is 398. The summed E-state index contributed by atoms with van der Waals surface area (Å²) >= 11 is 0. The largest absolute Gasteiger partial charge is 0.394 e. The van der Waals surface area contributed by atoms with E-state index < -0.39 is 0 Å². The highest BCUT2D eigenvalue weighted by atomic mass is 15.4. The number of likely N-dealkylation sites (N-methyl/N-ethyl adjacent to an activating group) is 1. The molecule has 0 bridgehead atoms. The van der Waals surface area contributed by atoms with E-state index in [2.05, 4.69) is 28.9 Å². The minimum absolute atomic E-state index is 0.879. The zero-order valence-electron chi connectivity index (χ0n) is 11.8. The Morgan fingerprint density at radius 3 is 2.67 bits per heavy atom. The summed E-state index contributed by atoms with van der Waals surface area (Å²) in [5, 5.41) is 4.56. The number of nitrogens with two attached hydrogens (primary N) is 1. The summed E-state index contributed by atoms with van der Waals surface area (Å²) in [6.45, 7) is 6.52. The maximum atomic E-state index is 6.27. The summed E-state index contributed by atoms with van der Waals surface area (Å²) in [6.07, 6.45) is 3.24. The number of rotatable bonds is 3. The number of aromatic nitrogens is 2. The van der Waals surface area contributed by atoms with Gasteiger partial charge in [0.25, 0.3) is 0 Å². The van der Waals surface area contributed by atoms with E-state index in [0.717, 1.165) is 56.2 Å². The second-order valence-corrected chi connectivity index (χ2v) is 5.20. The Morgan fingerprint density at radius 1 is 1.17 bits per heavy atom. The first-order chi connectivity index (χ1) is 8.63. The van der Waals surface area contributed by atoms with Gasteiger partial charge in [-0.25, -0.2) is 0 Å². The van der Waals surface area contributed by atoms with E-state index in [-0.39, 0.29) is 0 Å². The van der Waals surface area contributed by atoms with Gasteiger partial charge in [-0.3, -0.25) is 4.68 Å². The molecule has 0 atom stereocenters. The zero-order chi connectivity index (χ0) is 13.1. The Kier molecular flexibility index (Phi) is 4.11. The van der Waals surface area contributed by atoms with Gasteiger partial charge in [0.2, 0.25) is 0 Å². The molecule has 0 aliphatic carbocycles. The predicted octanol–water partition coefficient (Wildman–Crippen LogP) is 1.10. The van der Waals surface area contributed by atoms with Crippen molar-refractivity contribution in [2.45, 2.75) is 26.2 Å². The van der Waals surface area contributed by atoms with Gasteiger partial charge in [0, 0.05) is 26.7 Å². The van der Waals surface area contributed by atoms with Crippen molar-refractivity contribution in [3.8, 4) is 0 Å². The van der Waals surface area contributed by atoms with Gasteiger partial charge in [0.15, 0.2) is 0 Å². The van der Waals surface area contributed by atoms with Crippen LogP contribution in [0, 0.1) is 0 Å². The van der Waals surface area contributed by atoms with Crippen molar-refractivity contribution in [2.75, 3.05) is 43.9 Å². The molecule has 2 heterocycles. The standard InChI is InChI=1S/C13H25N5/c1-4-6-11-12(14)13(17(3)15-11)18-8-5-7-16(2)9-10-18/h4-10,14H2,1-3H3. The fourth-order valence-corrected chi connectivity index (χ4v) is 2.64. The molecule has 1 aliphatic heterocycles. The average Bonchev–Trinajstić information content (AvgIpc) is 2.52. The fourth-order valence-electron chi connectivity index (χ4n) is 2.64. The lowest BCUT2D eigenvalue weighted by atomic mass is 10.2. The maximum Gasteiger partial charge on any atom is 0.150 e. The third kappa shape index (κ3) is 2.61. The number of hydrogen-bond acceptors (Lipinski definition) is 4. The second kappa shape index (κ2) is 5.61. The molecular formula is C13H25N5. The Hall–Kier alpha value is -1.23. The van der Waals surface area contributed by atoms with Crippen LogP contribution in [0.1, 0.15) is 25.5 Å². The quantitative estimate of drug-likeness (QED) is 0.874. The monoisotopic (exact) mass is 251 g/mol. The van der Waals surface area contributed by atoms with E-state index in [9.17, 15) is 0 Å². The molecule has 0 unspecified atom stereocenters. The van der Waals surface area contributed by atoms with Gasteiger partial charge >= 0.3 is 0 Å². The summed E-state index contributed by atoms with van der Waals surface area (Å²) in [5.41, 5.74) is 8.20. The molecule has 0 amide bonds. The van der Waals surface area contributed by atoms with Crippen LogP contribution >= 0.6 is 0 Å². The molecule has 5 nitrogen and oxygen atoms in total. The first-order valence-electron chi connectivity index (χ1n) is 6.88. The molecule has 5 heteroatoms. The molecule has 1 aromatic rings. The van der Waals surface area contributed by atoms with Gasteiger partial charge in [-0.05, 0) is 26.4 Å². The lowest BCUT2D eigenvalue weighted by Gasteiger charge is -2.23. The van der Waals surface area contributed by atoms with Gasteiger partial charge in [-0.15, -0.1) is 0 Å². The van der Waals surface area contributed by atoms with Crippen molar-refractivity contribution >= 4 is 11.5 Å². The zero-order valence-corrected chi connectivity index (χ0v) is 11.8. The Labute approximate surface area is 110 Å². The number of anilines is 2. The van der Waals surface area contributed by atoms with E-state index >= 15 is 0 Å². The summed E-state index contributed by atoms with van der Waals surface area (Å²) < 4.78 is 1.95. The van der Waals surface area contributed by atoms with Crippen LogP contribution in [0.5, 0.6) is 0 Å². The van der Waals surface area contributed by atoms with E-state index in [0.29, 0.717) is 0 Å². The molecule has 1 aliphatic rings. The summed E-state index contributed by atoms with van der Waals surface area (Å²) in [4.78, 5) is 4.75. The number of nitrogens with zero attached hydrogens (tertiary/aromatic N) is 4. The molecule has 1 aromatic heterocycles. The fraction of sp³-hybridized carbons (Fsp3) is 0.769. The molecule has 2 N–H and O–H groups in total. The highest BCUT2D eigenvalue weighted by Gasteiger charge is 2.20. The highest BCUT2D eigenvalue weighted by Crippen LogP contribution is 2.27. The van der Waals surface area contributed by atoms with Gasteiger partial charge < -0.3 is 15.5 Å². The number of hydrogen-bond donors (Lipinski definition) is 1. The smallest absolute Gasteiger partial charge is 0.150 e. The molecule has 102 valence electrons. The molecule has 0 aromatic carbocycles. The number of nitrogen functional groups attached to an aromatic ring is 1. The Morgan fingerprint density at radius 2 is 1.94 bits per heavy atom.